The van der Waals surface area contributed by atoms with Crippen LogP contribution in [0.15, 0.2) is 18.2 Å². The van der Waals surface area contributed by atoms with E-state index in [1.54, 1.807) is 33.0 Å². The van der Waals surface area contributed by atoms with Gasteiger partial charge in [-0.15, -0.1) is 0 Å². The van der Waals surface area contributed by atoms with Gasteiger partial charge in [0.15, 0.2) is 0 Å². The van der Waals surface area contributed by atoms with E-state index in [4.69, 9.17) is 9.47 Å². The summed E-state index contributed by atoms with van der Waals surface area (Å²) in [5, 5.41) is 2.86. The summed E-state index contributed by atoms with van der Waals surface area (Å²) in [6.45, 7) is 4.11. The molecule has 0 aliphatic carbocycles. The second-order valence-electron chi connectivity index (χ2n) is 4.14. The second-order valence-corrected chi connectivity index (χ2v) is 4.14. The second kappa shape index (κ2) is 7.74. The van der Waals surface area contributed by atoms with Crippen molar-refractivity contribution in [2.24, 2.45) is 0 Å². The molecule has 0 bridgehead atoms. The Morgan fingerprint density at radius 2 is 2.21 bits per heavy atom. The van der Waals surface area contributed by atoms with Crippen LogP contribution >= 0.6 is 0 Å². The number of halogens is 1. The average molecular weight is 269 g/mol. The largest absolute Gasteiger partial charge is 0.493 e. The zero-order valence-corrected chi connectivity index (χ0v) is 11.5. The Kier molecular flexibility index (Phi) is 6.29. The molecule has 0 spiro atoms. The molecule has 5 heteroatoms. The van der Waals surface area contributed by atoms with E-state index in [1.165, 1.54) is 6.07 Å². The molecule has 1 unspecified atom stereocenters. The monoisotopic (exact) mass is 269 g/mol. The van der Waals surface area contributed by atoms with Gasteiger partial charge in [-0.05, 0) is 32.5 Å². The molecule has 0 saturated heterocycles. The number of rotatable bonds is 7. The first kappa shape index (κ1) is 15.4. The van der Waals surface area contributed by atoms with Crippen molar-refractivity contribution in [1.82, 2.24) is 5.32 Å². The molecule has 0 amide bonds. The topological polar surface area (TPSA) is 47.6 Å². The summed E-state index contributed by atoms with van der Waals surface area (Å²) in [5.41, 5.74) is 0.576. The van der Waals surface area contributed by atoms with Crippen LogP contribution in [0.1, 0.15) is 18.9 Å². The summed E-state index contributed by atoms with van der Waals surface area (Å²) < 4.78 is 23.6. The predicted octanol–water partition coefficient (Wildman–Crippen LogP) is 2.05. The van der Waals surface area contributed by atoms with E-state index in [9.17, 15) is 9.18 Å². The quantitative estimate of drug-likeness (QED) is 0.770. The Morgan fingerprint density at radius 1 is 1.47 bits per heavy atom. The van der Waals surface area contributed by atoms with Crippen LogP contribution in [0.2, 0.25) is 0 Å². The van der Waals surface area contributed by atoms with Crippen molar-refractivity contribution in [2.45, 2.75) is 26.3 Å². The third-order valence-electron chi connectivity index (χ3n) is 2.74. The maximum absolute atomic E-state index is 13.3. The van der Waals surface area contributed by atoms with E-state index >= 15 is 0 Å². The van der Waals surface area contributed by atoms with Crippen LogP contribution in [0.5, 0.6) is 5.75 Å². The van der Waals surface area contributed by atoms with Gasteiger partial charge in [0.1, 0.15) is 17.6 Å². The number of likely N-dealkylation sites (N-methyl/N-ethyl adjacent to an activating group) is 1. The van der Waals surface area contributed by atoms with Crippen LogP contribution in [-0.4, -0.2) is 32.3 Å². The van der Waals surface area contributed by atoms with E-state index < -0.39 is 6.04 Å². The van der Waals surface area contributed by atoms with Gasteiger partial charge in [0.05, 0.1) is 13.2 Å². The summed E-state index contributed by atoms with van der Waals surface area (Å²) >= 11 is 0. The van der Waals surface area contributed by atoms with Gasteiger partial charge in [-0.25, -0.2) is 4.39 Å². The molecule has 106 valence electrons. The van der Waals surface area contributed by atoms with Gasteiger partial charge < -0.3 is 14.8 Å². The van der Waals surface area contributed by atoms with Crippen molar-refractivity contribution in [3.05, 3.63) is 29.6 Å². The van der Waals surface area contributed by atoms with Gasteiger partial charge in [-0.2, -0.15) is 0 Å². The first-order valence-electron chi connectivity index (χ1n) is 6.31. The van der Waals surface area contributed by atoms with Gasteiger partial charge in [0, 0.05) is 12.5 Å². The normalized spacial score (nSPS) is 12.0. The maximum Gasteiger partial charge on any atom is 0.323 e. The fourth-order valence-corrected chi connectivity index (χ4v) is 1.58. The Morgan fingerprint density at radius 3 is 2.79 bits per heavy atom. The summed E-state index contributed by atoms with van der Waals surface area (Å²) in [7, 11) is 1.69. The first-order valence-corrected chi connectivity index (χ1v) is 6.31. The Balaban J connectivity index is 2.43. The number of esters is 1. The highest BCUT2D eigenvalue weighted by atomic mass is 19.1. The minimum Gasteiger partial charge on any atom is -0.493 e. The van der Waals surface area contributed by atoms with Gasteiger partial charge in [-0.3, -0.25) is 4.79 Å². The Labute approximate surface area is 112 Å². The van der Waals surface area contributed by atoms with Gasteiger partial charge in [0.2, 0.25) is 0 Å². The highest BCUT2D eigenvalue weighted by molar-refractivity contribution is 5.75. The fraction of sp³-hybridized carbons (Fsp3) is 0.500. The molecule has 1 aromatic carbocycles. The highest BCUT2D eigenvalue weighted by Crippen LogP contribution is 2.16. The van der Waals surface area contributed by atoms with E-state index in [2.05, 4.69) is 5.32 Å². The number of carbonyl (C=O) groups is 1. The minimum absolute atomic E-state index is 0.298. The molecular formula is C14H20FNO3. The minimum atomic E-state index is -0.407. The Hall–Kier alpha value is -1.62. The first-order chi connectivity index (χ1) is 9.08. The van der Waals surface area contributed by atoms with E-state index in [1.807, 2.05) is 0 Å². The molecule has 0 heterocycles. The maximum atomic E-state index is 13.3. The van der Waals surface area contributed by atoms with Crippen molar-refractivity contribution in [2.75, 3.05) is 20.3 Å². The Bertz CT molecular complexity index is 423. The molecule has 1 atom stereocenters. The fourth-order valence-electron chi connectivity index (χ4n) is 1.58. The van der Waals surface area contributed by atoms with Gasteiger partial charge >= 0.3 is 5.97 Å². The number of nitrogens with one attached hydrogen (secondary N) is 1. The molecule has 0 fully saturated rings. The van der Waals surface area contributed by atoms with Crippen molar-refractivity contribution in [1.29, 1.82) is 0 Å². The molecule has 0 aromatic heterocycles. The summed E-state index contributed by atoms with van der Waals surface area (Å²) in [6.07, 6.45) is 0.463. The number of hydrogen-bond donors (Lipinski definition) is 1. The zero-order valence-electron chi connectivity index (χ0n) is 11.5. The standard InChI is InChI=1S/C14H20FNO3/c1-4-18-14(17)13(16-3)7-8-19-11-6-5-10(2)12(15)9-11/h5-6,9,13,16H,4,7-8H2,1-3H3. The molecule has 0 radical (unpaired) electrons. The number of ether oxygens (including phenoxy) is 2. The van der Waals surface area contributed by atoms with Crippen molar-refractivity contribution in [3.63, 3.8) is 0 Å². The van der Waals surface area contributed by atoms with Crippen LogP contribution in [0, 0.1) is 12.7 Å². The van der Waals surface area contributed by atoms with Gasteiger partial charge in [0.25, 0.3) is 0 Å². The lowest BCUT2D eigenvalue weighted by molar-refractivity contribution is -0.145. The summed E-state index contributed by atoms with van der Waals surface area (Å²) in [6, 6.07) is 4.30. The number of carbonyl (C=O) groups excluding carboxylic acids is 1. The van der Waals surface area contributed by atoms with E-state index in [-0.39, 0.29) is 11.8 Å². The summed E-state index contributed by atoms with van der Waals surface area (Å²) in [4.78, 5) is 11.5. The lowest BCUT2D eigenvalue weighted by atomic mass is 10.2. The zero-order chi connectivity index (χ0) is 14.3. The third-order valence-corrected chi connectivity index (χ3v) is 2.74. The van der Waals surface area contributed by atoms with Crippen LogP contribution in [0.25, 0.3) is 0 Å². The molecular weight excluding hydrogens is 249 g/mol. The molecule has 0 aliphatic heterocycles. The van der Waals surface area contributed by atoms with E-state index in [0.717, 1.165) is 0 Å². The smallest absolute Gasteiger partial charge is 0.323 e. The lowest BCUT2D eigenvalue weighted by Crippen LogP contribution is -2.36. The molecule has 0 saturated carbocycles. The molecule has 0 aliphatic rings. The highest BCUT2D eigenvalue weighted by Gasteiger charge is 2.17. The molecule has 4 nitrogen and oxygen atoms in total. The molecule has 1 aromatic rings. The number of benzene rings is 1. The SMILES string of the molecule is CCOC(=O)C(CCOc1ccc(C)c(F)c1)NC. The predicted molar refractivity (Wildman–Crippen MR) is 70.7 cm³/mol. The van der Waals surface area contributed by atoms with E-state index in [0.29, 0.717) is 30.9 Å². The average Bonchev–Trinajstić information content (AvgIpc) is 2.39. The van der Waals surface area contributed by atoms with Gasteiger partial charge in [-0.1, -0.05) is 6.07 Å². The van der Waals surface area contributed by atoms with Crippen LogP contribution < -0.4 is 10.1 Å². The van der Waals surface area contributed by atoms with Crippen LogP contribution in [0.4, 0.5) is 4.39 Å². The van der Waals surface area contributed by atoms with Crippen molar-refractivity contribution in [3.8, 4) is 5.75 Å². The third kappa shape index (κ3) is 4.87. The van der Waals surface area contributed by atoms with Crippen LogP contribution in [-0.2, 0) is 9.53 Å². The number of hydrogen-bond acceptors (Lipinski definition) is 4. The molecule has 1 rings (SSSR count). The van der Waals surface area contributed by atoms with Crippen molar-refractivity contribution >= 4 is 5.97 Å². The van der Waals surface area contributed by atoms with Crippen molar-refractivity contribution < 1.29 is 18.7 Å². The molecule has 19 heavy (non-hydrogen) atoms. The molecule has 1 N–H and O–H groups in total. The number of aryl methyl sites for hydroxylation is 1. The van der Waals surface area contributed by atoms with Crippen LogP contribution in [0.3, 0.4) is 0 Å². The summed E-state index contributed by atoms with van der Waals surface area (Å²) in [5.74, 6) is -0.140. The lowest BCUT2D eigenvalue weighted by Gasteiger charge is -2.15.